The first-order valence-corrected chi connectivity index (χ1v) is 8.75. The number of nitrogens with one attached hydrogen (secondary N) is 1. The summed E-state index contributed by atoms with van der Waals surface area (Å²) in [6.07, 6.45) is 2.30. The summed E-state index contributed by atoms with van der Waals surface area (Å²) in [5.74, 6) is 0.457. The van der Waals surface area contributed by atoms with Gasteiger partial charge in [0, 0.05) is 19.3 Å². The van der Waals surface area contributed by atoms with Gasteiger partial charge in [-0.25, -0.2) is 8.42 Å². The highest BCUT2D eigenvalue weighted by molar-refractivity contribution is 7.89. The van der Waals surface area contributed by atoms with Crippen LogP contribution < -0.4 is 0 Å². The molecule has 7 heteroatoms. The second-order valence-corrected chi connectivity index (χ2v) is 7.32. The Hall–Kier alpha value is -2.38. The molecule has 0 atom stereocenters. The van der Waals surface area contributed by atoms with E-state index < -0.39 is 10.0 Å². The molecule has 0 aliphatic carbocycles. The van der Waals surface area contributed by atoms with Gasteiger partial charge in [0.1, 0.15) is 5.69 Å². The van der Waals surface area contributed by atoms with Crippen molar-refractivity contribution in [2.24, 2.45) is 0 Å². The molecule has 0 saturated heterocycles. The van der Waals surface area contributed by atoms with Crippen LogP contribution >= 0.6 is 0 Å². The molecule has 0 amide bonds. The average molecular weight is 329 g/mol. The van der Waals surface area contributed by atoms with Crippen molar-refractivity contribution in [1.29, 1.82) is 0 Å². The minimum Gasteiger partial charge on any atom is -0.442 e. The van der Waals surface area contributed by atoms with E-state index in [0.717, 1.165) is 5.56 Å². The first-order valence-electron chi connectivity index (χ1n) is 7.31. The minimum absolute atomic E-state index is 0.0403. The summed E-state index contributed by atoms with van der Waals surface area (Å²) in [4.78, 5) is 0. The van der Waals surface area contributed by atoms with Crippen molar-refractivity contribution in [3.8, 4) is 11.5 Å². The molecule has 1 aliphatic heterocycles. The van der Waals surface area contributed by atoms with Crippen molar-refractivity contribution < 1.29 is 12.8 Å². The number of aromatic amines is 1. The average Bonchev–Trinajstić information content (AvgIpc) is 3.25. The van der Waals surface area contributed by atoms with Gasteiger partial charge in [-0.2, -0.15) is 9.40 Å². The van der Waals surface area contributed by atoms with E-state index >= 15 is 0 Å². The summed E-state index contributed by atoms with van der Waals surface area (Å²) in [5.41, 5.74) is 2.90. The number of nitrogens with zero attached hydrogens (tertiary/aromatic N) is 2. The zero-order chi connectivity index (χ0) is 15.9. The molecule has 3 heterocycles. The largest absolute Gasteiger partial charge is 0.442 e. The zero-order valence-electron chi connectivity index (χ0n) is 12.3. The Bertz CT molecular complexity index is 929. The van der Waals surface area contributed by atoms with Crippen molar-refractivity contribution in [1.82, 2.24) is 14.5 Å². The maximum Gasteiger partial charge on any atom is 0.276 e. The number of sulfonamides is 1. The fourth-order valence-corrected chi connectivity index (χ4v) is 4.13. The highest BCUT2D eigenvalue weighted by atomic mass is 32.2. The van der Waals surface area contributed by atoms with E-state index in [1.807, 2.05) is 24.3 Å². The zero-order valence-corrected chi connectivity index (χ0v) is 13.1. The molecule has 0 bridgehead atoms. The van der Waals surface area contributed by atoms with Gasteiger partial charge in [-0.15, -0.1) is 0 Å². The molecule has 23 heavy (non-hydrogen) atoms. The summed E-state index contributed by atoms with van der Waals surface area (Å²) in [7, 11) is -3.64. The van der Waals surface area contributed by atoms with E-state index in [2.05, 4.69) is 10.2 Å². The molecular weight excluding hydrogens is 314 g/mol. The molecule has 0 fully saturated rings. The third kappa shape index (κ3) is 2.47. The van der Waals surface area contributed by atoms with Crippen LogP contribution in [0, 0.1) is 0 Å². The normalized spacial score (nSPS) is 15.5. The lowest BCUT2D eigenvalue weighted by molar-refractivity contribution is 0.367. The lowest BCUT2D eigenvalue weighted by Crippen LogP contribution is -2.35. The number of furan rings is 1. The molecule has 0 radical (unpaired) electrons. The van der Waals surface area contributed by atoms with Gasteiger partial charge in [0.05, 0.1) is 0 Å². The predicted molar refractivity (Wildman–Crippen MR) is 84.0 cm³/mol. The Morgan fingerprint density at radius 2 is 1.91 bits per heavy atom. The van der Waals surface area contributed by atoms with Gasteiger partial charge in [0.2, 0.25) is 5.09 Å². The Kier molecular flexibility index (Phi) is 3.32. The molecule has 2 aromatic heterocycles. The molecule has 1 aromatic carbocycles. The van der Waals surface area contributed by atoms with Crippen LogP contribution in [0.3, 0.4) is 0 Å². The summed E-state index contributed by atoms with van der Waals surface area (Å²) >= 11 is 0. The molecule has 1 N–H and O–H groups in total. The van der Waals surface area contributed by atoms with Gasteiger partial charge in [-0.05, 0) is 35.7 Å². The topological polar surface area (TPSA) is 79.2 Å². The molecule has 0 saturated carbocycles. The number of aromatic nitrogens is 2. The van der Waals surface area contributed by atoms with Crippen LogP contribution in [0.1, 0.15) is 11.1 Å². The summed E-state index contributed by atoms with van der Waals surface area (Å²) in [6.45, 7) is 0.831. The fraction of sp³-hybridized carbons (Fsp3) is 0.188. The fourth-order valence-electron chi connectivity index (χ4n) is 2.80. The van der Waals surface area contributed by atoms with Crippen LogP contribution in [-0.2, 0) is 23.0 Å². The Morgan fingerprint density at radius 3 is 2.70 bits per heavy atom. The monoisotopic (exact) mass is 329 g/mol. The molecule has 3 aromatic rings. The second-order valence-electron chi connectivity index (χ2n) is 5.45. The number of rotatable bonds is 3. The molecule has 6 nitrogen and oxygen atoms in total. The van der Waals surface area contributed by atoms with Crippen LogP contribution in [0.15, 0.2) is 58.2 Å². The summed E-state index contributed by atoms with van der Waals surface area (Å²) in [6, 6.07) is 12.8. The van der Waals surface area contributed by atoms with Crippen molar-refractivity contribution in [2.45, 2.75) is 18.1 Å². The van der Waals surface area contributed by atoms with E-state index in [4.69, 9.17) is 4.42 Å². The Labute approximate surface area is 133 Å². The van der Waals surface area contributed by atoms with Gasteiger partial charge < -0.3 is 4.42 Å². The van der Waals surface area contributed by atoms with Crippen LogP contribution in [0.2, 0.25) is 0 Å². The van der Waals surface area contributed by atoms with Crippen molar-refractivity contribution in [2.75, 3.05) is 6.54 Å². The first-order chi connectivity index (χ1) is 11.1. The lowest BCUT2D eigenvalue weighted by atomic mass is 10.0. The van der Waals surface area contributed by atoms with Gasteiger partial charge in [0.15, 0.2) is 5.76 Å². The van der Waals surface area contributed by atoms with E-state index in [-0.39, 0.29) is 5.09 Å². The first kappa shape index (κ1) is 14.2. The molecule has 1 aliphatic rings. The lowest BCUT2D eigenvalue weighted by Gasteiger charge is -2.27. The standard InChI is InChI=1S/C16H15N3O3S/c20-23(21,16-6-5-15(22-16)14-7-9-17-18-14)19-10-8-12-3-1-2-4-13(12)11-19/h1-7,9H,8,10-11H2,(H,17,18). The smallest absolute Gasteiger partial charge is 0.276 e. The highest BCUT2D eigenvalue weighted by Gasteiger charge is 2.30. The number of benzene rings is 1. The maximum absolute atomic E-state index is 12.8. The van der Waals surface area contributed by atoms with E-state index in [1.165, 1.54) is 15.9 Å². The van der Waals surface area contributed by atoms with E-state index in [0.29, 0.717) is 31.0 Å². The third-order valence-corrected chi connectivity index (χ3v) is 5.76. The van der Waals surface area contributed by atoms with Crippen molar-refractivity contribution in [3.05, 3.63) is 59.8 Å². The van der Waals surface area contributed by atoms with Gasteiger partial charge in [-0.3, -0.25) is 5.10 Å². The van der Waals surface area contributed by atoms with E-state index in [1.54, 1.807) is 18.3 Å². The quantitative estimate of drug-likeness (QED) is 0.800. The van der Waals surface area contributed by atoms with Gasteiger partial charge in [0.25, 0.3) is 10.0 Å². The molecule has 4 rings (SSSR count). The van der Waals surface area contributed by atoms with Crippen LogP contribution in [0.5, 0.6) is 0 Å². The maximum atomic E-state index is 12.8. The SMILES string of the molecule is O=S(=O)(c1ccc(-c2ccn[nH]2)o1)N1CCc2ccccc2C1. The van der Waals surface area contributed by atoms with Crippen molar-refractivity contribution in [3.63, 3.8) is 0 Å². The number of hydrogen-bond donors (Lipinski definition) is 1. The highest BCUT2D eigenvalue weighted by Crippen LogP contribution is 2.28. The second kappa shape index (κ2) is 5.36. The molecule has 0 spiro atoms. The van der Waals surface area contributed by atoms with E-state index in [9.17, 15) is 8.42 Å². The van der Waals surface area contributed by atoms with Crippen LogP contribution in [0.25, 0.3) is 11.5 Å². The predicted octanol–water partition coefficient (Wildman–Crippen LogP) is 2.42. The summed E-state index contributed by atoms with van der Waals surface area (Å²) < 4.78 is 32.6. The van der Waals surface area contributed by atoms with Crippen molar-refractivity contribution >= 4 is 10.0 Å². The van der Waals surface area contributed by atoms with Crippen LogP contribution in [-0.4, -0.2) is 29.5 Å². The number of H-pyrrole nitrogens is 1. The Morgan fingerprint density at radius 1 is 1.09 bits per heavy atom. The number of hydrogen-bond acceptors (Lipinski definition) is 4. The van der Waals surface area contributed by atoms with Crippen LogP contribution in [0.4, 0.5) is 0 Å². The Balaban J connectivity index is 1.64. The van der Waals surface area contributed by atoms with Gasteiger partial charge in [-0.1, -0.05) is 24.3 Å². The summed E-state index contributed by atoms with van der Waals surface area (Å²) in [5, 5.41) is 6.56. The number of fused-ring (bicyclic) bond motifs is 1. The molecular formula is C16H15N3O3S. The van der Waals surface area contributed by atoms with Gasteiger partial charge >= 0.3 is 0 Å². The minimum atomic E-state index is -3.64. The molecule has 0 unspecified atom stereocenters. The molecule has 118 valence electrons. The third-order valence-electron chi connectivity index (χ3n) is 4.04.